The van der Waals surface area contributed by atoms with Crippen molar-refractivity contribution in [2.24, 2.45) is 0 Å². The lowest BCUT2D eigenvalue weighted by Crippen LogP contribution is -2.37. The molecule has 1 aromatic heterocycles. The molecule has 0 radical (unpaired) electrons. The third-order valence-electron chi connectivity index (χ3n) is 3.33. The first-order valence-electron chi connectivity index (χ1n) is 6.07. The summed E-state index contributed by atoms with van der Waals surface area (Å²) in [6, 6.07) is 4.96. The second kappa shape index (κ2) is 4.42. The van der Waals surface area contributed by atoms with Crippen LogP contribution in [0.4, 0.5) is 0 Å². The van der Waals surface area contributed by atoms with Gasteiger partial charge in [0, 0.05) is 12.4 Å². The van der Waals surface area contributed by atoms with Gasteiger partial charge in [-0.2, -0.15) is 0 Å². The molecule has 0 bridgehead atoms. The van der Waals surface area contributed by atoms with Crippen LogP contribution in [-0.4, -0.2) is 28.5 Å². The normalized spacial score (nSPS) is 21.7. The van der Waals surface area contributed by atoms with E-state index in [1.807, 2.05) is 13.0 Å². The predicted octanol–water partition coefficient (Wildman–Crippen LogP) is 2.10. The van der Waals surface area contributed by atoms with Gasteiger partial charge in [0.2, 0.25) is 0 Å². The van der Waals surface area contributed by atoms with Gasteiger partial charge in [-0.3, -0.25) is 4.79 Å². The molecule has 2 heterocycles. The van der Waals surface area contributed by atoms with Gasteiger partial charge in [0.05, 0.1) is 13.4 Å². The summed E-state index contributed by atoms with van der Waals surface area (Å²) in [7, 11) is 1.55. The molecule has 2 atom stereocenters. The molecule has 0 aliphatic carbocycles. The Morgan fingerprint density at radius 1 is 1.42 bits per heavy atom. The number of ether oxygens (including phenoxy) is 2. The lowest BCUT2D eigenvalue weighted by Gasteiger charge is -2.31. The van der Waals surface area contributed by atoms with Gasteiger partial charge in [-0.15, -0.1) is 0 Å². The van der Waals surface area contributed by atoms with E-state index in [1.54, 1.807) is 42.5 Å². The van der Waals surface area contributed by atoms with Crippen LogP contribution >= 0.6 is 0 Å². The minimum Gasteiger partial charge on any atom is -0.496 e. The van der Waals surface area contributed by atoms with Crippen molar-refractivity contribution in [1.29, 1.82) is 0 Å². The second-order valence-electron chi connectivity index (χ2n) is 4.48. The summed E-state index contributed by atoms with van der Waals surface area (Å²) in [6.45, 7) is 1.88. The van der Waals surface area contributed by atoms with Gasteiger partial charge in [0.25, 0.3) is 0 Å². The first kappa shape index (κ1) is 11.8. The number of carbonyl (C=O) groups excluding carboxylic acids is 1. The topological polar surface area (TPSA) is 53.4 Å². The molecule has 0 saturated heterocycles. The van der Waals surface area contributed by atoms with E-state index < -0.39 is 6.04 Å². The summed E-state index contributed by atoms with van der Waals surface area (Å²) in [6.07, 6.45) is 4.80. The number of aromatic nitrogens is 2. The molecule has 0 N–H and O–H groups in total. The fourth-order valence-corrected chi connectivity index (χ4v) is 2.46. The number of imidazole rings is 1. The number of methoxy groups -OCH3 is 1. The first-order valence-corrected chi connectivity index (χ1v) is 6.07. The molecule has 1 aliphatic heterocycles. The van der Waals surface area contributed by atoms with E-state index in [0.29, 0.717) is 17.1 Å². The number of rotatable bonds is 2. The van der Waals surface area contributed by atoms with E-state index in [1.165, 1.54) is 0 Å². The van der Waals surface area contributed by atoms with E-state index in [4.69, 9.17) is 9.47 Å². The second-order valence-corrected chi connectivity index (χ2v) is 4.48. The van der Waals surface area contributed by atoms with Crippen molar-refractivity contribution in [2.45, 2.75) is 19.1 Å². The summed E-state index contributed by atoms with van der Waals surface area (Å²) in [5.41, 5.74) is 0.502. The highest BCUT2D eigenvalue weighted by Gasteiger charge is 2.37. The van der Waals surface area contributed by atoms with E-state index in [-0.39, 0.29) is 11.9 Å². The zero-order valence-electron chi connectivity index (χ0n) is 10.7. The average Bonchev–Trinajstić information content (AvgIpc) is 2.91. The Labute approximate surface area is 110 Å². The quantitative estimate of drug-likeness (QED) is 0.827. The van der Waals surface area contributed by atoms with Crippen LogP contribution in [0.3, 0.4) is 0 Å². The number of nitrogens with zero attached hydrogens (tertiary/aromatic N) is 2. The van der Waals surface area contributed by atoms with Crippen molar-refractivity contribution in [3.63, 3.8) is 0 Å². The van der Waals surface area contributed by atoms with Crippen molar-refractivity contribution in [2.75, 3.05) is 7.11 Å². The van der Waals surface area contributed by atoms with E-state index in [0.717, 1.165) is 0 Å². The van der Waals surface area contributed by atoms with Crippen LogP contribution in [0.2, 0.25) is 0 Å². The lowest BCUT2D eigenvalue weighted by molar-refractivity contribution is 0.0712. The Hall–Kier alpha value is -2.30. The Balaban J connectivity index is 2.11. The molecule has 0 unspecified atom stereocenters. The van der Waals surface area contributed by atoms with Gasteiger partial charge < -0.3 is 14.0 Å². The minimum absolute atomic E-state index is 0.01000. The highest BCUT2D eigenvalue weighted by molar-refractivity contribution is 6.05. The van der Waals surface area contributed by atoms with Gasteiger partial charge in [-0.05, 0) is 19.1 Å². The van der Waals surface area contributed by atoms with Crippen LogP contribution in [0.1, 0.15) is 23.3 Å². The predicted molar refractivity (Wildman–Crippen MR) is 68.7 cm³/mol. The number of ketones is 1. The fraction of sp³-hybridized carbons (Fsp3) is 0.286. The summed E-state index contributed by atoms with van der Waals surface area (Å²) >= 11 is 0. The summed E-state index contributed by atoms with van der Waals surface area (Å²) in [5.74, 6) is 1.11. The molecular formula is C14H14N2O3. The Kier molecular flexibility index (Phi) is 2.74. The molecular weight excluding hydrogens is 244 g/mol. The summed E-state index contributed by atoms with van der Waals surface area (Å²) in [4.78, 5) is 16.7. The van der Waals surface area contributed by atoms with Crippen LogP contribution in [0.5, 0.6) is 11.5 Å². The maximum absolute atomic E-state index is 12.7. The van der Waals surface area contributed by atoms with Crippen LogP contribution in [-0.2, 0) is 0 Å². The highest BCUT2D eigenvalue weighted by Crippen LogP contribution is 2.38. The highest BCUT2D eigenvalue weighted by atomic mass is 16.5. The van der Waals surface area contributed by atoms with Crippen molar-refractivity contribution in [3.05, 3.63) is 42.5 Å². The number of fused-ring (bicyclic) bond motifs is 1. The van der Waals surface area contributed by atoms with Crippen molar-refractivity contribution in [1.82, 2.24) is 9.55 Å². The van der Waals surface area contributed by atoms with Gasteiger partial charge in [0.15, 0.2) is 5.78 Å². The molecule has 98 valence electrons. The van der Waals surface area contributed by atoms with Crippen LogP contribution in [0, 0.1) is 0 Å². The zero-order chi connectivity index (χ0) is 13.4. The van der Waals surface area contributed by atoms with Crippen molar-refractivity contribution in [3.8, 4) is 11.5 Å². The number of hydrogen-bond donors (Lipinski definition) is 0. The summed E-state index contributed by atoms with van der Waals surface area (Å²) in [5, 5.41) is 0. The van der Waals surface area contributed by atoms with Gasteiger partial charge in [-0.25, -0.2) is 4.98 Å². The molecule has 3 rings (SSSR count). The van der Waals surface area contributed by atoms with Crippen LogP contribution in [0.15, 0.2) is 36.9 Å². The van der Waals surface area contributed by atoms with Gasteiger partial charge in [-0.1, -0.05) is 6.07 Å². The van der Waals surface area contributed by atoms with E-state index in [2.05, 4.69) is 4.98 Å². The molecule has 5 nitrogen and oxygen atoms in total. The standard InChI is InChI=1S/C14H14N2O3/c1-9-13(16-7-6-15-8-16)14(17)12-10(18-2)4-3-5-11(12)19-9/h3-9,13H,1-2H3/t9-,13-/m1/s1. The number of carbonyl (C=O) groups is 1. The van der Waals surface area contributed by atoms with E-state index >= 15 is 0 Å². The SMILES string of the molecule is COc1cccc2c1C(=O)[C@H](n1ccnc1)[C@@H](C)O2. The Bertz CT molecular complexity index is 607. The Morgan fingerprint density at radius 3 is 2.95 bits per heavy atom. The first-order chi connectivity index (χ1) is 9.22. The number of benzene rings is 1. The fourth-order valence-electron chi connectivity index (χ4n) is 2.46. The molecule has 0 fully saturated rings. The molecule has 1 aromatic carbocycles. The van der Waals surface area contributed by atoms with Crippen molar-refractivity contribution >= 4 is 5.78 Å². The summed E-state index contributed by atoms with van der Waals surface area (Å²) < 4.78 is 12.9. The monoisotopic (exact) mass is 258 g/mol. The zero-order valence-corrected chi connectivity index (χ0v) is 10.7. The molecule has 5 heteroatoms. The molecule has 0 spiro atoms. The largest absolute Gasteiger partial charge is 0.496 e. The van der Waals surface area contributed by atoms with Gasteiger partial charge >= 0.3 is 0 Å². The lowest BCUT2D eigenvalue weighted by atomic mass is 9.95. The van der Waals surface area contributed by atoms with E-state index in [9.17, 15) is 4.79 Å². The maximum Gasteiger partial charge on any atom is 0.196 e. The van der Waals surface area contributed by atoms with Crippen LogP contribution < -0.4 is 9.47 Å². The molecule has 0 amide bonds. The molecule has 2 aromatic rings. The Morgan fingerprint density at radius 2 is 2.26 bits per heavy atom. The average molecular weight is 258 g/mol. The minimum atomic E-state index is -0.411. The van der Waals surface area contributed by atoms with Crippen molar-refractivity contribution < 1.29 is 14.3 Å². The maximum atomic E-state index is 12.7. The molecule has 1 aliphatic rings. The smallest absolute Gasteiger partial charge is 0.196 e. The molecule has 19 heavy (non-hydrogen) atoms. The molecule has 0 saturated carbocycles. The van der Waals surface area contributed by atoms with Gasteiger partial charge in [0.1, 0.15) is 29.2 Å². The third-order valence-corrected chi connectivity index (χ3v) is 3.33. The third kappa shape index (κ3) is 1.78. The van der Waals surface area contributed by atoms with Crippen LogP contribution in [0.25, 0.3) is 0 Å². The number of Topliss-reactive ketones (excluding diaryl/α,β-unsaturated/α-hetero) is 1. The number of hydrogen-bond acceptors (Lipinski definition) is 4.